The van der Waals surface area contributed by atoms with Gasteiger partial charge >= 0.3 is 0 Å². The van der Waals surface area contributed by atoms with Gasteiger partial charge in [-0.2, -0.15) is 0 Å². The van der Waals surface area contributed by atoms with Crippen LogP contribution in [-0.4, -0.2) is 23.4 Å². The van der Waals surface area contributed by atoms with Gasteiger partial charge in [0.15, 0.2) is 0 Å². The number of nitro benzene ring substituents is 1. The van der Waals surface area contributed by atoms with Crippen LogP contribution in [0.5, 0.6) is 0 Å². The Morgan fingerprint density at radius 3 is 2.85 bits per heavy atom. The molecule has 2 rings (SSSR count). The molecule has 1 aromatic rings. The lowest BCUT2D eigenvalue weighted by molar-refractivity contribution is -0.385. The van der Waals surface area contributed by atoms with Crippen molar-refractivity contribution in [2.75, 3.05) is 11.9 Å². The van der Waals surface area contributed by atoms with Gasteiger partial charge in [0.05, 0.1) is 4.92 Å². The molecule has 1 fully saturated rings. The number of amides is 1. The Bertz CT molecular complexity index is 512. The molecule has 6 heteroatoms. The molecule has 0 unspecified atom stereocenters. The maximum Gasteiger partial charge on any atom is 0.274 e. The molecule has 0 bridgehead atoms. The highest BCUT2D eigenvalue weighted by atomic mass is 16.6. The van der Waals surface area contributed by atoms with Crippen LogP contribution in [0.1, 0.15) is 31.2 Å². The second-order valence-electron chi connectivity index (χ2n) is 5.08. The van der Waals surface area contributed by atoms with Gasteiger partial charge in [0.1, 0.15) is 0 Å². The van der Waals surface area contributed by atoms with E-state index in [9.17, 15) is 14.9 Å². The summed E-state index contributed by atoms with van der Waals surface area (Å²) in [6.45, 7) is 2.35. The van der Waals surface area contributed by atoms with E-state index in [1.54, 1.807) is 13.0 Å². The Labute approximate surface area is 117 Å². The van der Waals surface area contributed by atoms with Crippen LogP contribution < -0.4 is 10.6 Å². The molecule has 0 heterocycles. The molecule has 1 aromatic carbocycles. The van der Waals surface area contributed by atoms with Crippen LogP contribution in [0.15, 0.2) is 18.2 Å². The van der Waals surface area contributed by atoms with Gasteiger partial charge in [0.25, 0.3) is 5.69 Å². The lowest BCUT2D eigenvalue weighted by Gasteiger charge is -2.09. The first-order valence-electron chi connectivity index (χ1n) is 6.85. The number of nitrogens with zero attached hydrogens (tertiary/aromatic N) is 1. The molecule has 108 valence electrons. The summed E-state index contributed by atoms with van der Waals surface area (Å²) < 4.78 is 0. The van der Waals surface area contributed by atoms with E-state index >= 15 is 0 Å². The third-order valence-electron chi connectivity index (χ3n) is 3.34. The highest BCUT2D eigenvalue weighted by Gasteiger charge is 2.22. The molecular formula is C14H19N3O3. The molecule has 2 N–H and O–H groups in total. The molecule has 0 spiro atoms. The van der Waals surface area contributed by atoms with Crippen LogP contribution in [0.25, 0.3) is 0 Å². The van der Waals surface area contributed by atoms with Gasteiger partial charge in [-0.05, 0) is 32.3 Å². The predicted octanol–water partition coefficient (Wildman–Crippen LogP) is 2.37. The summed E-state index contributed by atoms with van der Waals surface area (Å²) in [5.74, 6) is 0.0880. The number of benzene rings is 1. The van der Waals surface area contributed by atoms with Gasteiger partial charge in [-0.1, -0.05) is 6.07 Å². The van der Waals surface area contributed by atoms with Gasteiger partial charge in [0.2, 0.25) is 5.91 Å². The number of carbonyl (C=O) groups excluding carboxylic acids is 1. The minimum atomic E-state index is -0.385. The Hall–Kier alpha value is -2.11. The Morgan fingerprint density at radius 2 is 2.20 bits per heavy atom. The van der Waals surface area contributed by atoms with E-state index in [0.717, 1.165) is 18.5 Å². The van der Waals surface area contributed by atoms with Crippen molar-refractivity contribution < 1.29 is 9.72 Å². The zero-order valence-electron chi connectivity index (χ0n) is 11.5. The molecule has 6 nitrogen and oxygen atoms in total. The first-order valence-corrected chi connectivity index (χ1v) is 6.85. The molecule has 0 aromatic heterocycles. The lowest BCUT2D eigenvalue weighted by Crippen LogP contribution is -2.25. The molecule has 1 amide bonds. The fraction of sp³-hybridized carbons (Fsp3) is 0.500. The highest BCUT2D eigenvalue weighted by Crippen LogP contribution is 2.25. The quantitative estimate of drug-likeness (QED) is 0.455. The van der Waals surface area contributed by atoms with Crippen LogP contribution >= 0.6 is 0 Å². The minimum absolute atomic E-state index is 0.0880. The summed E-state index contributed by atoms with van der Waals surface area (Å²) in [6.07, 6.45) is 3.38. The van der Waals surface area contributed by atoms with E-state index in [4.69, 9.17) is 0 Å². The van der Waals surface area contributed by atoms with Gasteiger partial charge in [0, 0.05) is 36.3 Å². The van der Waals surface area contributed by atoms with E-state index in [1.807, 2.05) is 6.07 Å². The highest BCUT2D eigenvalue weighted by molar-refractivity contribution is 5.76. The Morgan fingerprint density at radius 1 is 1.45 bits per heavy atom. The first kappa shape index (κ1) is 14.3. The van der Waals surface area contributed by atoms with Crippen molar-refractivity contribution in [3.05, 3.63) is 33.9 Å². The molecule has 0 radical (unpaired) electrons. The second kappa shape index (κ2) is 6.36. The topological polar surface area (TPSA) is 84.3 Å². The normalized spacial score (nSPS) is 13.8. The minimum Gasteiger partial charge on any atom is -0.385 e. The summed E-state index contributed by atoms with van der Waals surface area (Å²) in [5, 5.41) is 16.9. The van der Waals surface area contributed by atoms with Crippen molar-refractivity contribution in [3.63, 3.8) is 0 Å². The van der Waals surface area contributed by atoms with Gasteiger partial charge in [-0.25, -0.2) is 0 Å². The predicted molar refractivity (Wildman–Crippen MR) is 76.7 cm³/mol. The summed E-state index contributed by atoms with van der Waals surface area (Å²) >= 11 is 0. The monoisotopic (exact) mass is 277 g/mol. The zero-order valence-corrected chi connectivity index (χ0v) is 11.5. The zero-order chi connectivity index (χ0) is 14.5. The van der Waals surface area contributed by atoms with Crippen LogP contribution in [0, 0.1) is 17.0 Å². The number of hydrogen-bond donors (Lipinski definition) is 2. The van der Waals surface area contributed by atoms with Crippen molar-refractivity contribution in [3.8, 4) is 0 Å². The summed E-state index contributed by atoms with van der Waals surface area (Å²) in [7, 11) is 0. The maximum absolute atomic E-state index is 11.5. The summed E-state index contributed by atoms with van der Waals surface area (Å²) in [6, 6.07) is 5.36. The van der Waals surface area contributed by atoms with Crippen LogP contribution in [0.2, 0.25) is 0 Å². The Balaban J connectivity index is 1.77. The van der Waals surface area contributed by atoms with Crippen molar-refractivity contribution in [1.29, 1.82) is 0 Å². The average Bonchev–Trinajstić information content (AvgIpc) is 3.19. The number of carbonyl (C=O) groups is 1. The van der Waals surface area contributed by atoms with Crippen LogP contribution in [0.4, 0.5) is 11.4 Å². The smallest absolute Gasteiger partial charge is 0.274 e. The first-order chi connectivity index (χ1) is 9.58. The van der Waals surface area contributed by atoms with Crippen molar-refractivity contribution in [2.45, 2.75) is 38.6 Å². The number of hydrogen-bond acceptors (Lipinski definition) is 4. The summed E-state index contributed by atoms with van der Waals surface area (Å²) in [5.41, 5.74) is 1.49. The van der Waals surface area contributed by atoms with E-state index in [-0.39, 0.29) is 16.5 Å². The van der Waals surface area contributed by atoms with E-state index in [2.05, 4.69) is 10.6 Å². The molecule has 1 aliphatic rings. The van der Waals surface area contributed by atoms with E-state index in [1.165, 1.54) is 6.07 Å². The number of anilines is 1. The van der Waals surface area contributed by atoms with E-state index in [0.29, 0.717) is 31.0 Å². The van der Waals surface area contributed by atoms with Crippen LogP contribution in [-0.2, 0) is 4.79 Å². The summed E-state index contributed by atoms with van der Waals surface area (Å²) in [4.78, 5) is 21.9. The molecule has 20 heavy (non-hydrogen) atoms. The molecule has 0 aliphatic heterocycles. The van der Waals surface area contributed by atoms with Crippen molar-refractivity contribution in [2.24, 2.45) is 0 Å². The molecule has 1 saturated carbocycles. The van der Waals surface area contributed by atoms with Crippen LogP contribution in [0.3, 0.4) is 0 Å². The fourth-order valence-corrected chi connectivity index (χ4v) is 2.01. The second-order valence-corrected chi connectivity index (χ2v) is 5.08. The average molecular weight is 277 g/mol. The van der Waals surface area contributed by atoms with Crippen molar-refractivity contribution >= 4 is 17.3 Å². The molecule has 0 atom stereocenters. The largest absolute Gasteiger partial charge is 0.385 e. The number of nitro groups is 1. The number of rotatable bonds is 7. The van der Waals surface area contributed by atoms with Gasteiger partial charge in [-0.3, -0.25) is 14.9 Å². The third kappa shape index (κ3) is 3.94. The number of nitrogens with one attached hydrogen (secondary N) is 2. The van der Waals surface area contributed by atoms with Crippen molar-refractivity contribution in [1.82, 2.24) is 5.32 Å². The SMILES string of the molecule is Cc1c(NCCCC(=O)NC2CC2)cccc1[N+](=O)[O-]. The molecule has 1 aliphatic carbocycles. The molecule has 0 saturated heterocycles. The lowest BCUT2D eigenvalue weighted by atomic mass is 10.1. The fourth-order valence-electron chi connectivity index (χ4n) is 2.01. The Kier molecular flexibility index (Phi) is 4.55. The standard InChI is InChI=1S/C14H19N3O3/c1-10-12(4-2-5-13(10)17(19)20)15-9-3-6-14(18)16-11-7-8-11/h2,4-5,11,15H,3,6-9H2,1H3,(H,16,18). The van der Waals surface area contributed by atoms with E-state index < -0.39 is 0 Å². The van der Waals surface area contributed by atoms with Gasteiger partial charge < -0.3 is 10.6 Å². The maximum atomic E-state index is 11.5. The third-order valence-corrected chi connectivity index (χ3v) is 3.34. The van der Waals surface area contributed by atoms with Gasteiger partial charge in [-0.15, -0.1) is 0 Å². The molecular weight excluding hydrogens is 258 g/mol.